The van der Waals surface area contributed by atoms with Crippen LogP contribution < -0.4 is 24.4 Å². The van der Waals surface area contributed by atoms with Gasteiger partial charge in [-0.2, -0.15) is 9.97 Å². The van der Waals surface area contributed by atoms with Gasteiger partial charge in [0.15, 0.2) is 23.0 Å². The number of hydrogen-bond acceptors (Lipinski definition) is 10. The molecule has 0 radical (unpaired) electrons. The van der Waals surface area contributed by atoms with E-state index in [4.69, 9.17) is 19.2 Å². The highest BCUT2D eigenvalue weighted by atomic mass is 16.5. The van der Waals surface area contributed by atoms with Gasteiger partial charge in [0.25, 0.3) is 0 Å². The molecule has 1 atom stereocenters. The standard InChI is InChI=1S/C24H27N7O4/c1-33-18-10-16(11-19(34-2)21(18)35-3)30-12-20(26-14-30)27-24-28-22-17(7-4-8-25-22)23(29-24)31-9-5-6-15(31)13-32/h4,7-8,10-12,14-15,32H,5-6,9,13H2,1-3H3,(H,25,27,28,29)/t15-/m0/s1. The Balaban J connectivity index is 1.48. The molecule has 1 aliphatic rings. The Morgan fingerprint density at radius 3 is 2.60 bits per heavy atom. The molecule has 1 fully saturated rings. The van der Waals surface area contributed by atoms with Gasteiger partial charge in [0.05, 0.1) is 51.2 Å². The minimum absolute atomic E-state index is 0.0281. The van der Waals surface area contributed by atoms with Crippen LogP contribution in [-0.2, 0) is 0 Å². The number of hydrogen-bond donors (Lipinski definition) is 2. The van der Waals surface area contributed by atoms with Gasteiger partial charge in [-0.1, -0.05) is 0 Å². The van der Waals surface area contributed by atoms with Crippen molar-refractivity contribution in [1.29, 1.82) is 0 Å². The number of anilines is 3. The minimum Gasteiger partial charge on any atom is -0.493 e. The van der Waals surface area contributed by atoms with Crippen molar-refractivity contribution >= 4 is 28.6 Å². The largest absolute Gasteiger partial charge is 0.493 e. The summed E-state index contributed by atoms with van der Waals surface area (Å²) >= 11 is 0. The predicted octanol–water partition coefficient (Wildman–Crippen LogP) is 2.94. The number of methoxy groups -OCH3 is 3. The molecule has 0 unspecified atom stereocenters. The van der Waals surface area contributed by atoms with Crippen LogP contribution in [-0.4, -0.2) is 70.1 Å². The van der Waals surface area contributed by atoms with E-state index in [1.165, 1.54) is 0 Å². The van der Waals surface area contributed by atoms with Crippen LogP contribution in [0.3, 0.4) is 0 Å². The second-order valence-corrected chi connectivity index (χ2v) is 8.09. The number of aromatic nitrogens is 5. The van der Waals surface area contributed by atoms with Crippen molar-refractivity contribution in [2.24, 2.45) is 0 Å². The molecular weight excluding hydrogens is 450 g/mol. The Kier molecular flexibility index (Phi) is 6.23. The molecule has 1 aromatic carbocycles. The normalized spacial score (nSPS) is 15.4. The van der Waals surface area contributed by atoms with E-state index in [2.05, 4.69) is 25.2 Å². The Bertz CT molecular complexity index is 1320. The van der Waals surface area contributed by atoms with Gasteiger partial charge < -0.3 is 34.1 Å². The van der Waals surface area contributed by atoms with Crippen LogP contribution in [0.4, 0.5) is 17.6 Å². The lowest BCUT2D eigenvalue weighted by molar-refractivity contribution is 0.266. The van der Waals surface area contributed by atoms with Gasteiger partial charge in [-0.25, -0.2) is 9.97 Å². The van der Waals surface area contributed by atoms with E-state index >= 15 is 0 Å². The lowest BCUT2D eigenvalue weighted by Crippen LogP contribution is -2.33. The maximum Gasteiger partial charge on any atom is 0.232 e. The van der Waals surface area contributed by atoms with Crippen molar-refractivity contribution in [3.05, 3.63) is 43.0 Å². The zero-order valence-electron chi connectivity index (χ0n) is 19.8. The number of ether oxygens (including phenoxy) is 3. The molecule has 5 rings (SSSR count). The highest BCUT2D eigenvalue weighted by molar-refractivity contribution is 5.88. The number of fused-ring (bicyclic) bond motifs is 1. The SMILES string of the molecule is COc1cc(-n2cnc(Nc3nc(N4CCC[C@H]4CO)c4cccnc4n3)c2)cc(OC)c1OC. The van der Waals surface area contributed by atoms with Crippen LogP contribution in [0.25, 0.3) is 16.7 Å². The van der Waals surface area contributed by atoms with Crippen molar-refractivity contribution in [2.75, 3.05) is 44.7 Å². The third-order valence-electron chi connectivity index (χ3n) is 6.08. The number of nitrogens with zero attached hydrogens (tertiary/aromatic N) is 6. The molecular formula is C24H27N7O4. The molecule has 182 valence electrons. The number of imidazole rings is 1. The molecule has 1 saturated heterocycles. The molecule has 2 N–H and O–H groups in total. The van der Waals surface area contributed by atoms with E-state index in [0.29, 0.717) is 34.7 Å². The summed E-state index contributed by atoms with van der Waals surface area (Å²) in [5.74, 6) is 3.30. The molecule has 35 heavy (non-hydrogen) atoms. The fourth-order valence-electron chi connectivity index (χ4n) is 4.39. The summed E-state index contributed by atoms with van der Waals surface area (Å²) in [7, 11) is 4.72. The summed E-state index contributed by atoms with van der Waals surface area (Å²) in [5.41, 5.74) is 1.36. The first-order chi connectivity index (χ1) is 17.1. The highest BCUT2D eigenvalue weighted by Crippen LogP contribution is 2.39. The molecule has 11 heteroatoms. The molecule has 3 aromatic heterocycles. The van der Waals surface area contributed by atoms with Crippen LogP contribution in [0.1, 0.15) is 12.8 Å². The summed E-state index contributed by atoms with van der Waals surface area (Å²) < 4.78 is 18.2. The van der Waals surface area contributed by atoms with E-state index in [-0.39, 0.29) is 12.6 Å². The lowest BCUT2D eigenvalue weighted by atomic mass is 10.2. The fourth-order valence-corrected chi connectivity index (χ4v) is 4.39. The van der Waals surface area contributed by atoms with Gasteiger partial charge in [0.2, 0.25) is 11.7 Å². The zero-order valence-corrected chi connectivity index (χ0v) is 19.8. The summed E-state index contributed by atoms with van der Waals surface area (Å²) in [6.07, 6.45) is 7.11. The third-order valence-corrected chi connectivity index (χ3v) is 6.08. The zero-order chi connectivity index (χ0) is 24.4. The molecule has 11 nitrogen and oxygen atoms in total. The monoisotopic (exact) mass is 477 g/mol. The number of benzene rings is 1. The summed E-state index contributed by atoms with van der Waals surface area (Å²) in [6, 6.07) is 7.52. The van der Waals surface area contributed by atoms with Gasteiger partial charge >= 0.3 is 0 Å². The van der Waals surface area contributed by atoms with Crippen molar-refractivity contribution < 1.29 is 19.3 Å². The summed E-state index contributed by atoms with van der Waals surface area (Å²) in [5, 5.41) is 13.9. The highest BCUT2D eigenvalue weighted by Gasteiger charge is 2.27. The minimum atomic E-state index is 0.0281. The van der Waals surface area contributed by atoms with Crippen molar-refractivity contribution in [1.82, 2.24) is 24.5 Å². The fraction of sp³-hybridized carbons (Fsp3) is 0.333. The smallest absolute Gasteiger partial charge is 0.232 e. The van der Waals surface area contributed by atoms with E-state index in [1.54, 1.807) is 33.9 Å². The second-order valence-electron chi connectivity index (χ2n) is 8.09. The van der Waals surface area contributed by atoms with Crippen molar-refractivity contribution in [2.45, 2.75) is 18.9 Å². The molecule has 0 bridgehead atoms. The number of rotatable bonds is 8. The van der Waals surface area contributed by atoms with Crippen LogP contribution in [0, 0.1) is 0 Å². The van der Waals surface area contributed by atoms with Crippen molar-refractivity contribution in [3.8, 4) is 22.9 Å². The molecule has 1 aliphatic heterocycles. The Morgan fingerprint density at radius 2 is 1.89 bits per heavy atom. The summed E-state index contributed by atoms with van der Waals surface area (Å²) in [6.45, 7) is 0.898. The van der Waals surface area contributed by atoms with E-state index < -0.39 is 0 Å². The van der Waals surface area contributed by atoms with Gasteiger partial charge in [-0.05, 0) is 25.0 Å². The first kappa shape index (κ1) is 22.7. The average molecular weight is 478 g/mol. The van der Waals surface area contributed by atoms with E-state index in [0.717, 1.165) is 36.3 Å². The molecule has 4 aromatic rings. The van der Waals surface area contributed by atoms with E-state index in [9.17, 15) is 5.11 Å². The van der Waals surface area contributed by atoms with E-state index in [1.807, 2.05) is 35.0 Å². The number of pyridine rings is 1. The quantitative estimate of drug-likeness (QED) is 0.392. The Hall–Kier alpha value is -4.12. The topological polar surface area (TPSA) is 120 Å². The van der Waals surface area contributed by atoms with Crippen LogP contribution in [0.2, 0.25) is 0 Å². The maximum absolute atomic E-state index is 9.84. The molecule has 0 amide bonds. The predicted molar refractivity (Wildman–Crippen MR) is 131 cm³/mol. The molecule has 0 aliphatic carbocycles. The van der Waals surface area contributed by atoms with Gasteiger partial charge in [-0.3, -0.25) is 0 Å². The average Bonchev–Trinajstić information content (AvgIpc) is 3.57. The first-order valence-corrected chi connectivity index (χ1v) is 11.3. The second kappa shape index (κ2) is 9.63. The van der Waals surface area contributed by atoms with Gasteiger partial charge in [0, 0.05) is 24.9 Å². The van der Waals surface area contributed by atoms with Gasteiger partial charge in [0.1, 0.15) is 12.1 Å². The molecule has 0 spiro atoms. The summed E-state index contributed by atoms with van der Waals surface area (Å²) in [4.78, 5) is 20.4. The third kappa shape index (κ3) is 4.26. The van der Waals surface area contributed by atoms with Crippen LogP contribution in [0.15, 0.2) is 43.0 Å². The number of aliphatic hydroxyl groups excluding tert-OH is 1. The number of aliphatic hydroxyl groups is 1. The van der Waals surface area contributed by atoms with Gasteiger partial charge in [-0.15, -0.1) is 0 Å². The Morgan fingerprint density at radius 1 is 1.09 bits per heavy atom. The van der Waals surface area contributed by atoms with Crippen LogP contribution >= 0.6 is 0 Å². The number of nitrogens with one attached hydrogen (secondary N) is 1. The van der Waals surface area contributed by atoms with Crippen LogP contribution in [0.5, 0.6) is 17.2 Å². The molecule has 4 heterocycles. The first-order valence-electron chi connectivity index (χ1n) is 11.3. The maximum atomic E-state index is 9.84. The molecule has 0 saturated carbocycles. The lowest BCUT2D eigenvalue weighted by Gasteiger charge is -2.25. The Labute approximate surface area is 202 Å². The van der Waals surface area contributed by atoms with Crippen molar-refractivity contribution in [3.63, 3.8) is 0 Å².